The van der Waals surface area contributed by atoms with Crippen LogP contribution in [0.1, 0.15) is 30.7 Å². The number of pyridine rings is 1. The summed E-state index contributed by atoms with van der Waals surface area (Å²) in [5, 5.41) is 10.6. The summed E-state index contributed by atoms with van der Waals surface area (Å²) in [5.41, 5.74) is 4.51. The van der Waals surface area contributed by atoms with Gasteiger partial charge in [-0.15, -0.1) is 0 Å². The number of benzene rings is 3. The predicted octanol–water partition coefficient (Wildman–Crippen LogP) is 7.35. The Kier molecular flexibility index (Phi) is 8.16. The van der Waals surface area contributed by atoms with E-state index in [1.807, 2.05) is 62.4 Å². The molecule has 3 aromatic carbocycles. The Labute approximate surface area is 220 Å². The lowest BCUT2D eigenvalue weighted by Gasteiger charge is -2.21. The molecule has 4 aromatic rings. The number of hydrogen-bond donors (Lipinski definition) is 1. The van der Waals surface area contributed by atoms with Gasteiger partial charge in [0.25, 0.3) is 0 Å². The van der Waals surface area contributed by atoms with Crippen LogP contribution in [0, 0.1) is 13.8 Å². The third-order valence-electron chi connectivity index (χ3n) is 5.66. The molecule has 0 saturated carbocycles. The number of halogens is 1. The van der Waals surface area contributed by atoms with Crippen molar-refractivity contribution in [3.8, 4) is 28.4 Å². The fourth-order valence-electron chi connectivity index (χ4n) is 3.91. The zero-order valence-corrected chi connectivity index (χ0v) is 21.8. The normalized spacial score (nSPS) is 11.7. The Balaban J connectivity index is 1.75. The van der Waals surface area contributed by atoms with Gasteiger partial charge in [-0.2, -0.15) is 0 Å². The quantitative estimate of drug-likeness (QED) is 0.191. The molecule has 1 atom stereocenters. The number of ether oxygens (including phenoxy) is 4. The number of fused-ring (bicyclic) bond motifs is 1. The van der Waals surface area contributed by atoms with Gasteiger partial charge in [0, 0.05) is 28.6 Å². The third kappa shape index (κ3) is 6.13. The summed E-state index contributed by atoms with van der Waals surface area (Å²) in [6.07, 6.45) is -1.78. The number of carbonyl (C=O) groups is 1. The molecule has 0 saturated heterocycles. The molecule has 0 aliphatic heterocycles. The van der Waals surface area contributed by atoms with Gasteiger partial charge in [-0.1, -0.05) is 41.4 Å². The van der Waals surface area contributed by atoms with Crippen molar-refractivity contribution in [2.75, 3.05) is 6.61 Å². The largest absolute Gasteiger partial charge is 0.511 e. The van der Waals surface area contributed by atoms with Gasteiger partial charge in [-0.3, -0.25) is 4.98 Å². The maximum atomic E-state index is 11.9. The van der Waals surface area contributed by atoms with E-state index in [2.05, 4.69) is 0 Å². The zero-order valence-electron chi connectivity index (χ0n) is 21.1. The molecule has 0 aliphatic carbocycles. The molecule has 8 heteroatoms. The van der Waals surface area contributed by atoms with Crippen molar-refractivity contribution >= 4 is 28.7 Å². The van der Waals surface area contributed by atoms with Crippen LogP contribution in [0.25, 0.3) is 22.0 Å². The van der Waals surface area contributed by atoms with Crippen LogP contribution in [-0.2, 0) is 16.1 Å². The Morgan fingerprint density at radius 3 is 2.30 bits per heavy atom. The monoisotopic (exact) mass is 521 g/mol. The van der Waals surface area contributed by atoms with Crippen molar-refractivity contribution in [1.82, 2.24) is 4.98 Å². The highest BCUT2D eigenvalue weighted by Crippen LogP contribution is 2.41. The number of hydrogen-bond acceptors (Lipinski definition) is 7. The fraction of sp³-hybridized carbons (Fsp3) is 0.241. The smallest absolute Gasteiger partial charge is 0.457 e. The van der Waals surface area contributed by atoms with Gasteiger partial charge >= 0.3 is 6.16 Å². The van der Waals surface area contributed by atoms with E-state index >= 15 is 0 Å². The average Bonchev–Trinajstić information content (AvgIpc) is 2.86. The van der Waals surface area contributed by atoms with Crippen LogP contribution in [0.5, 0.6) is 17.2 Å². The highest BCUT2D eigenvalue weighted by Gasteiger charge is 2.21. The first-order valence-electron chi connectivity index (χ1n) is 11.9. The average molecular weight is 522 g/mol. The molecule has 0 fully saturated rings. The lowest BCUT2D eigenvalue weighted by Crippen LogP contribution is -2.22. The van der Waals surface area contributed by atoms with Gasteiger partial charge in [0.05, 0.1) is 18.7 Å². The van der Waals surface area contributed by atoms with Gasteiger partial charge in [-0.05, 0) is 68.3 Å². The van der Waals surface area contributed by atoms with Gasteiger partial charge in [0.1, 0.15) is 17.2 Å². The molecule has 1 aromatic heterocycles. The first kappa shape index (κ1) is 26.3. The standard InChI is InChI=1S/C29H28ClNO6/c1-5-34-29(33)36-19(4)35-28-24-15-25(30)21(16-32)14-26(24)31-18(3)27(28)20-8-12-23(13-9-20)37-22-10-6-17(2)7-11-22/h6-15,19,32H,5,16H2,1-4H3. The summed E-state index contributed by atoms with van der Waals surface area (Å²) >= 11 is 6.42. The lowest BCUT2D eigenvalue weighted by molar-refractivity contribution is -0.0510. The number of aryl methyl sites for hydroxylation is 2. The number of nitrogens with zero attached hydrogens (tertiary/aromatic N) is 1. The van der Waals surface area contributed by atoms with E-state index in [1.54, 1.807) is 26.0 Å². The number of aliphatic hydroxyl groups is 1. The minimum absolute atomic E-state index is 0.185. The Morgan fingerprint density at radius 1 is 1.03 bits per heavy atom. The summed E-state index contributed by atoms with van der Waals surface area (Å²) in [4.78, 5) is 16.6. The van der Waals surface area contributed by atoms with Crippen molar-refractivity contribution in [1.29, 1.82) is 0 Å². The molecule has 0 spiro atoms. The molecule has 1 N–H and O–H groups in total. The molecule has 37 heavy (non-hydrogen) atoms. The highest BCUT2D eigenvalue weighted by molar-refractivity contribution is 6.32. The third-order valence-corrected chi connectivity index (χ3v) is 6.02. The second-order valence-corrected chi connectivity index (χ2v) is 8.85. The molecule has 0 amide bonds. The van der Waals surface area contributed by atoms with Crippen LogP contribution in [0.3, 0.4) is 0 Å². The van der Waals surface area contributed by atoms with Gasteiger partial charge < -0.3 is 24.1 Å². The maximum absolute atomic E-state index is 11.9. The molecule has 1 unspecified atom stereocenters. The molecular weight excluding hydrogens is 494 g/mol. The molecule has 0 bridgehead atoms. The zero-order chi connectivity index (χ0) is 26.5. The van der Waals surface area contributed by atoms with E-state index in [0.29, 0.717) is 44.2 Å². The molecule has 0 radical (unpaired) electrons. The Morgan fingerprint density at radius 2 is 1.68 bits per heavy atom. The highest BCUT2D eigenvalue weighted by atomic mass is 35.5. The number of rotatable bonds is 8. The van der Waals surface area contributed by atoms with Gasteiger partial charge in [0.15, 0.2) is 0 Å². The molecule has 0 aliphatic rings. The number of aliphatic hydroxyl groups excluding tert-OH is 1. The number of aromatic nitrogens is 1. The Hall–Kier alpha value is -3.81. The summed E-state index contributed by atoms with van der Waals surface area (Å²) in [5.74, 6) is 1.86. The number of carbonyl (C=O) groups excluding carboxylic acids is 1. The van der Waals surface area contributed by atoms with Crippen LogP contribution in [0.2, 0.25) is 5.02 Å². The van der Waals surface area contributed by atoms with Crippen LogP contribution in [-0.4, -0.2) is 29.1 Å². The molecular formula is C29H28ClNO6. The second-order valence-electron chi connectivity index (χ2n) is 8.45. The van der Waals surface area contributed by atoms with Crippen LogP contribution in [0.15, 0.2) is 60.7 Å². The lowest BCUT2D eigenvalue weighted by atomic mass is 9.99. The molecule has 7 nitrogen and oxygen atoms in total. The Bertz CT molecular complexity index is 1400. The minimum atomic E-state index is -0.955. The van der Waals surface area contributed by atoms with Crippen LogP contribution >= 0.6 is 11.6 Å². The van der Waals surface area contributed by atoms with Crippen molar-refractivity contribution in [2.45, 2.75) is 40.6 Å². The molecule has 4 rings (SSSR count). The first-order chi connectivity index (χ1) is 17.8. The summed E-state index contributed by atoms with van der Waals surface area (Å²) in [6.45, 7) is 7.14. The van der Waals surface area contributed by atoms with Crippen molar-refractivity contribution in [2.24, 2.45) is 0 Å². The van der Waals surface area contributed by atoms with Crippen LogP contribution < -0.4 is 9.47 Å². The van der Waals surface area contributed by atoms with Crippen molar-refractivity contribution in [3.63, 3.8) is 0 Å². The van der Waals surface area contributed by atoms with E-state index < -0.39 is 12.4 Å². The molecule has 1 heterocycles. The van der Waals surface area contributed by atoms with E-state index in [-0.39, 0.29) is 13.2 Å². The van der Waals surface area contributed by atoms with E-state index in [0.717, 1.165) is 16.9 Å². The first-order valence-corrected chi connectivity index (χ1v) is 12.3. The van der Waals surface area contributed by atoms with Gasteiger partial charge in [0.2, 0.25) is 6.29 Å². The second kappa shape index (κ2) is 11.5. The van der Waals surface area contributed by atoms with Gasteiger partial charge in [-0.25, -0.2) is 4.79 Å². The molecule has 192 valence electrons. The predicted molar refractivity (Wildman–Crippen MR) is 142 cm³/mol. The fourth-order valence-corrected chi connectivity index (χ4v) is 4.13. The summed E-state index contributed by atoms with van der Waals surface area (Å²) < 4.78 is 22.3. The van der Waals surface area contributed by atoms with E-state index in [4.69, 9.17) is 35.5 Å². The van der Waals surface area contributed by atoms with E-state index in [1.165, 1.54) is 0 Å². The maximum Gasteiger partial charge on any atom is 0.511 e. The SMILES string of the molecule is CCOC(=O)OC(C)Oc1c(-c2ccc(Oc3ccc(C)cc3)cc2)c(C)nc2cc(CO)c(Cl)cc12. The van der Waals surface area contributed by atoms with Crippen molar-refractivity contribution < 1.29 is 28.8 Å². The summed E-state index contributed by atoms with van der Waals surface area (Å²) in [6, 6.07) is 18.8. The topological polar surface area (TPSA) is 87.1 Å². The van der Waals surface area contributed by atoms with E-state index in [9.17, 15) is 9.90 Å². The summed E-state index contributed by atoms with van der Waals surface area (Å²) in [7, 11) is 0. The minimum Gasteiger partial charge on any atom is -0.457 e. The van der Waals surface area contributed by atoms with Crippen molar-refractivity contribution in [3.05, 3.63) is 82.5 Å². The van der Waals surface area contributed by atoms with Crippen LogP contribution in [0.4, 0.5) is 4.79 Å².